The molecule has 1 atom stereocenters. The van der Waals surface area contributed by atoms with Crippen LogP contribution in [0.25, 0.3) is 0 Å². The first-order valence-electron chi connectivity index (χ1n) is 6.55. The van der Waals surface area contributed by atoms with Crippen LogP contribution < -0.4 is 5.73 Å². The number of rotatable bonds is 5. The van der Waals surface area contributed by atoms with Gasteiger partial charge in [-0.15, -0.1) is 0 Å². The summed E-state index contributed by atoms with van der Waals surface area (Å²) in [5, 5.41) is 8.71. The molecule has 7 heteroatoms. The fourth-order valence-electron chi connectivity index (χ4n) is 2.38. The summed E-state index contributed by atoms with van der Waals surface area (Å²) < 4.78 is 0. The maximum atomic E-state index is 12.3. The third kappa shape index (κ3) is 3.36. The van der Waals surface area contributed by atoms with Gasteiger partial charge in [0.15, 0.2) is 0 Å². The van der Waals surface area contributed by atoms with Gasteiger partial charge in [0.25, 0.3) is 0 Å². The highest BCUT2D eigenvalue weighted by atomic mass is 16.4. The normalized spacial score (nSPS) is 22.3. The molecule has 3 amide bonds. The molecule has 1 saturated heterocycles. The monoisotopic (exact) mass is 269 g/mol. The van der Waals surface area contributed by atoms with E-state index in [1.54, 1.807) is 9.80 Å². The zero-order chi connectivity index (χ0) is 14.0. The third-order valence-electron chi connectivity index (χ3n) is 3.66. The van der Waals surface area contributed by atoms with Crippen molar-refractivity contribution in [1.29, 1.82) is 0 Å². The van der Waals surface area contributed by atoms with Crippen molar-refractivity contribution >= 4 is 17.9 Å². The number of carboxylic acid groups (broad SMARTS) is 1. The van der Waals surface area contributed by atoms with E-state index in [1.165, 1.54) is 0 Å². The van der Waals surface area contributed by atoms with Gasteiger partial charge in [0.05, 0.1) is 12.3 Å². The van der Waals surface area contributed by atoms with Crippen LogP contribution in [0.2, 0.25) is 0 Å². The first-order valence-corrected chi connectivity index (χ1v) is 6.55. The van der Waals surface area contributed by atoms with E-state index in [0.29, 0.717) is 19.5 Å². The maximum absolute atomic E-state index is 12.3. The van der Waals surface area contributed by atoms with E-state index in [1.807, 2.05) is 0 Å². The van der Waals surface area contributed by atoms with Gasteiger partial charge in [0.2, 0.25) is 5.91 Å². The summed E-state index contributed by atoms with van der Waals surface area (Å²) in [7, 11) is 0. The summed E-state index contributed by atoms with van der Waals surface area (Å²) in [5.74, 6) is -1.56. The van der Waals surface area contributed by atoms with Gasteiger partial charge in [-0.1, -0.05) is 0 Å². The summed E-state index contributed by atoms with van der Waals surface area (Å²) in [4.78, 5) is 37.3. The molecule has 1 heterocycles. The molecule has 0 aromatic rings. The highest BCUT2D eigenvalue weighted by Crippen LogP contribution is 2.29. The molecule has 7 nitrogen and oxygen atoms in total. The van der Waals surface area contributed by atoms with Crippen LogP contribution in [0.1, 0.15) is 25.7 Å². The molecule has 19 heavy (non-hydrogen) atoms. The number of nitrogens with zero attached hydrogens (tertiary/aromatic N) is 2. The largest absolute Gasteiger partial charge is 0.481 e. The van der Waals surface area contributed by atoms with Crippen LogP contribution in [0.3, 0.4) is 0 Å². The number of carbonyl (C=O) groups is 3. The van der Waals surface area contributed by atoms with E-state index in [2.05, 4.69) is 0 Å². The lowest BCUT2D eigenvalue weighted by Crippen LogP contribution is -2.44. The second-order valence-corrected chi connectivity index (χ2v) is 5.18. The Bertz CT molecular complexity index is 394. The Hall–Kier alpha value is -1.79. The Labute approximate surface area is 111 Å². The summed E-state index contributed by atoms with van der Waals surface area (Å²) in [6, 6.07) is 0.00646. The molecule has 1 aliphatic carbocycles. The van der Waals surface area contributed by atoms with Crippen molar-refractivity contribution in [2.24, 2.45) is 11.7 Å². The molecule has 1 aliphatic heterocycles. The van der Waals surface area contributed by atoms with Crippen LogP contribution in [0.5, 0.6) is 0 Å². The van der Waals surface area contributed by atoms with E-state index < -0.39 is 5.97 Å². The van der Waals surface area contributed by atoms with Crippen molar-refractivity contribution in [3.05, 3.63) is 0 Å². The van der Waals surface area contributed by atoms with E-state index in [0.717, 1.165) is 12.8 Å². The zero-order valence-electron chi connectivity index (χ0n) is 10.7. The number of hydrogen-bond acceptors (Lipinski definition) is 3. The summed E-state index contributed by atoms with van der Waals surface area (Å²) in [6.45, 7) is 1.10. The van der Waals surface area contributed by atoms with E-state index in [4.69, 9.17) is 10.8 Å². The molecule has 1 saturated carbocycles. The number of urea groups is 1. The maximum Gasteiger partial charge on any atom is 0.320 e. The first-order chi connectivity index (χ1) is 8.99. The van der Waals surface area contributed by atoms with Gasteiger partial charge < -0.3 is 20.6 Å². The van der Waals surface area contributed by atoms with Crippen molar-refractivity contribution in [2.45, 2.75) is 31.7 Å². The number of likely N-dealkylation sites (tertiary alicyclic amines) is 1. The standard InChI is InChI=1S/C12H19N3O4/c13-11(18)8-3-5-14(7-8)12(19)15(9-1-2-9)6-4-10(16)17/h8-9H,1-7H2,(H2,13,18)(H,16,17). The van der Waals surface area contributed by atoms with Crippen molar-refractivity contribution in [3.63, 3.8) is 0 Å². The Balaban J connectivity index is 1.92. The number of amides is 3. The van der Waals surface area contributed by atoms with Crippen LogP contribution in [0, 0.1) is 5.92 Å². The van der Waals surface area contributed by atoms with Gasteiger partial charge in [-0.2, -0.15) is 0 Å². The predicted octanol–water partition coefficient (Wildman–Crippen LogP) is -0.147. The molecule has 2 fully saturated rings. The fourth-order valence-corrected chi connectivity index (χ4v) is 2.38. The molecule has 2 aliphatic rings. The highest BCUT2D eigenvalue weighted by Gasteiger charge is 2.38. The van der Waals surface area contributed by atoms with Crippen LogP contribution in [-0.2, 0) is 9.59 Å². The third-order valence-corrected chi connectivity index (χ3v) is 3.66. The minimum Gasteiger partial charge on any atom is -0.481 e. The fraction of sp³-hybridized carbons (Fsp3) is 0.750. The van der Waals surface area contributed by atoms with Gasteiger partial charge >= 0.3 is 12.0 Å². The highest BCUT2D eigenvalue weighted by molar-refractivity contribution is 5.80. The van der Waals surface area contributed by atoms with E-state index in [-0.39, 0.29) is 36.9 Å². The Kier molecular flexibility index (Phi) is 3.92. The lowest BCUT2D eigenvalue weighted by molar-refractivity contribution is -0.137. The molecule has 106 valence electrons. The number of hydrogen-bond donors (Lipinski definition) is 2. The number of primary amides is 1. The van der Waals surface area contributed by atoms with Gasteiger partial charge in [0.1, 0.15) is 0 Å². The summed E-state index contributed by atoms with van der Waals surface area (Å²) in [5.41, 5.74) is 5.24. The molecule has 0 spiro atoms. The molecular weight excluding hydrogens is 250 g/mol. The minimum absolute atomic E-state index is 0.0463. The lowest BCUT2D eigenvalue weighted by Gasteiger charge is -2.27. The predicted molar refractivity (Wildman–Crippen MR) is 66.3 cm³/mol. The van der Waals surface area contributed by atoms with Gasteiger partial charge in [-0.05, 0) is 19.3 Å². The SMILES string of the molecule is NC(=O)C1CCN(C(=O)N(CCC(=O)O)C2CC2)C1. The molecule has 3 N–H and O–H groups in total. The molecule has 0 bridgehead atoms. The number of carbonyl (C=O) groups excluding carboxylic acids is 2. The second kappa shape index (κ2) is 5.46. The number of aliphatic carboxylic acids is 1. The van der Waals surface area contributed by atoms with Gasteiger partial charge in [-0.25, -0.2) is 4.79 Å². The average molecular weight is 269 g/mol. The van der Waals surface area contributed by atoms with Crippen molar-refractivity contribution in [1.82, 2.24) is 9.80 Å². The van der Waals surface area contributed by atoms with Crippen molar-refractivity contribution in [2.75, 3.05) is 19.6 Å². The van der Waals surface area contributed by atoms with E-state index >= 15 is 0 Å². The molecule has 0 aromatic heterocycles. The first kappa shape index (κ1) is 13.6. The quantitative estimate of drug-likeness (QED) is 0.724. The van der Waals surface area contributed by atoms with Crippen LogP contribution in [0.4, 0.5) is 4.79 Å². The van der Waals surface area contributed by atoms with Crippen molar-refractivity contribution in [3.8, 4) is 0 Å². The minimum atomic E-state index is -0.908. The molecule has 1 unspecified atom stereocenters. The Morgan fingerprint density at radius 2 is 1.95 bits per heavy atom. The number of nitrogens with two attached hydrogens (primary N) is 1. The van der Waals surface area contributed by atoms with Gasteiger partial charge in [0, 0.05) is 25.7 Å². The Morgan fingerprint density at radius 1 is 1.26 bits per heavy atom. The van der Waals surface area contributed by atoms with Gasteiger partial charge in [-0.3, -0.25) is 9.59 Å². The van der Waals surface area contributed by atoms with Crippen molar-refractivity contribution < 1.29 is 19.5 Å². The molecular formula is C12H19N3O4. The second-order valence-electron chi connectivity index (χ2n) is 5.18. The van der Waals surface area contributed by atoms with Crippen LogP contribution >= 0.6 is 0 Å². The van der Waals surface area contributed by atoms with Crippen LogP contribution in [0.15, 0.2) is 0 Å². The zero-order valence-corrected chi connectivity index (χ0v) is 10.7. The smallest absolute Gasteiger partial charge is 0.320 e. The van der Waals surface area contributed by atoms with E-state index in [9.17, 15) is 14.4 Å². The average Bonchev–Trinajstić information content (AvgIpc) is 3.05. The summed E-state index contributed by atoms with van der Waals surface area (Å²) >= 11 is 0. The Morgan fingerprint density at radius 3 is 2.42 bits per heavy atom. The topological polar surface area (TPSA) is 104 Å². The lowest BCUT2D eigenvalue weighted by atomic mass is 10.1. The molecule has 2 rings (SSSR count). The molecule has 0 aromatic carbocycles. The molecule has 0 radical (unpaired) electrons. The summed E-state index contributed by atoms with van der Waals surface area (Å²) in [6.07, 6.45) is 2.41. The number of carboxylic acids is 1. The van der Waals surface area contributed by atoms with Crippen LogP contribution in [-0.4, -0.2) is 58.5 Å².